The van der Waals surface area contributed by atoms with Gasteiger partial charge < -0.3 is 10.2 Å². The van der Waals surface area contributed by atoms with E-state index in [1.807, 2.05) is 83.1 Å². The number of hydrogen-bond acceptors (Lipinski definition) is 6. The van der Waals surface area contributed by atoms with E-state index in [9.17, 15) is 29.2 Å². The molecule has 0 radical (unpaired) electrons. The predicted octanol–water partition coefficient (Wildman–Crippen LogP) is 8.13. The van der Waals surface area contributed by atoms with Crippen LogP contribution in [0.1, 0.15) is 116 Å². The minimum atomic E-state index is -4.50. The van der Waals surface area contributed by atoms with Crippen molar-refractivity contribution in [3.63, 3.8) is 0 Å². The molecule has 0 saturated heterocycles. The van der Waals surface area contributed by atoms with Crippen molar-refractivity contribution in [2.45, 2.75) is 105 Å². The Labute approximate surface area is 246 Å². The van der Waals surface area contributed by atoms with E-state index in [0.29, 0.717) is 33.4 Å². The summed E-state index contributed by atoms with van der Waals surface area (Å²) in [5.41, 5.74) is 1.54. The highest BCUT2D eigenvalue weighted by atomic mass is 32.2. The quantitative estimate of drug-likeness (QED) is 0.354. The molecule has 0 aliphatic carbocycles. The van der Waals surface area contributed by atoms with Crippen LogP contribution >= 0.6 is 0 Å². The molecule has 0 saturated carbocycles. The van der Waals surface area contributed by atoms with Crippen LogP contribution in [0.15, 0.2) is 34.1 Å². The molecule has 0 heterocycles. The number of allylic oxidation sites excluding steroid dienone is 2. The van der Waals surface area contributed by atoms with E-state index in [1.54, 1.807) is 36.4 Å². The van der Waals surface area contributed by atoms with Crippen molar-refractivity contribution < 1.29 is 18.6 Å². The molecule has 2 rings (SSSR count). The molecule has 0 aliphatic heterocycles. The lowest BCUT2D eigenvalue weighted by Gasteiger charge is -2.28. The summed E-state index contributed by atoms with van der Waals surface area (Å²) in [6, 6.07) is 10.3. The number of aromatic hydroxyl groups is 2. The number of phenols is 2. The lowest BCUT2D eigenvalue weighted by molar-refractivity contribution is 0.422. The summed E-state index contributed by atoms with van der Waals surface area (Å²) in [5, 5.41) is 42.0. The summed E-state index contributed by atoms with van der Waals surface area (Å²) in [6.45, 7) is 23.3. The highest BCUT2D eigenvalue weighted by molar-refractivity contribution is 7.99. The Morgan fingerprint density at radius 1 is 0.585 bits per heavy atom. The molecule has 0 amide bonds. The van der Waals surface area contributed by atoms with Gasteiger partial charge in [-0.05, 0) is 69.2 Å². The first-order valence-electron chi connectivity index (χ1n) is 13.6. The van der Waals surface area contributed by atoms with Gasteiger partial charge in [-0.1, -0.05) is 83.1 Å². The van der Waals surface area contributed by atoms with Gasteiger partial charge >= 0.3 is 0 Å². The summed E-state index contributed by atoms with van der Waals surface area (Å²) in [5.74, 6) is 0.274. The van der Waals surface area contributed by atoms with Gasteiger partial charge in [0.2, 0.25) is 9.84 Å². The minimum absolute atomic E-state index is 0.137. The number of sulfone groups is 1. The number of phenolic OH excluding ortho intramolecular Hbond substituents is 2. The fourth-order valence-corrected chi connectivity index (χ4v) is 5.59. The van der Waals surface area contributed by atoms with Crippen LogP contribution in [0.3, 0.4) is 0 Å². The molecule has 2 aromatic carbocycles. The molecule has 0 bridgehead atoms. The summed E-state index contributed by atoms with van der Waals surface area (Å²) < 4.78 is 27.4. The van der Waals surface area contributed by atoms with Gasteiger partial charge in [0.15, 0.2) is 9.81 Å². The summed E-state index contributed by atoms with van der Waals surface area (Å²) >= 11 is 0. The first-order valence-corrected chi connectivity index (χ1v) is 15.1. The van der Waals surface area contributed by atoms with E-state index < -0.39 is 41.3 Å². The van der Waals surface area contributed by atoms with Crippen LogP contribution in [-0.2, 0) is 31.5 Å². The molecule has 0 aromatic heterocycles. The summed E-state index contributed by atoms with van der Waals surface area (Å²) in [6.07, 6.45) is 2.50. The van der Waals surface area contributed by atoms with Gasteiger partial charge in [0.25, 0.3) is 0 Å². The number of rotatable bonds is 4. The molecule has 0 atom stereocenters. The second-order valence-electron chi connectivity index (χ2n) is 14.7. The second-order valence-corrected chi connectivity index (χ2v) is 16.6. The van der Waals surface area contributed by atoms with E-state index in [-0.39, 0.29) is 11.5 Å². The zero-order valence-corrected chi connectivity index (χ0v) is 27.3. The van der Waals surface area contributed by atoms with Crippen LogP contribution in [0.2, 0.25) is 0 Å². The maximum absolute atomic E-state index is 13.7. The Bertz CT molecular complexity index is 1420. The zero-order valence-electron chi connectivity index (χ0n) is 26.5. The van der Waals surface area contributed by atoms with Gasteiger partial charge in [0.1, 0.15) is 23.6 Å². The number of hydrogen-bond donors (Lipinski definition) is 2. The molecule has 220 valence electrons. The molecular formula is C34H44N2O4S. The Morgan fingerprint density at radius 2 is 0.805 bits per heavy atom. The van der Waals surface area contributed by atoms with Crippen molar-refractivity contribution in [2.75, 3.05) is 0 Å². The van der Waals surface area contributed by atoms with E-state index in [4.69, 9.17) is 0 Å². The smallest absolute Gasteiger partial charge is 0.226 e. The van der Waals surface area contributed by atoms with E-state index >= 15 is 0 Å². The van der Waals surface area contributed by atoms with Crippen molar-refractivity contribution in [1.29, 1.82) is 10.5 Å². The number of benzene rings is 2. The van der Waals surface area contributed by atoms with Gasteiger partial charge in [-0.15, -0.1) is 0 Å². The number of nitriles is 2. The van der Waals surface area contributed by atoms with Crippen LogP contribution in [0.5, 0.6) is 11.5 Å². The van der Waals surface area contributed by atoms with Crippen molar-refractivity contribution in [3.05, 3.63) is 67.5 Å². The Kier molecular flexibility index (Phi) is 9.05. The third kappa shape index (κ3) is 7.40. The molecule has 0 spiro atoms. The van der Waals surface area contributed by atoms with Gasteiger partial charge in [-0.3, -0.25) is 0 Å². The van der Waals surface area contributed by atoms with Crippen LogP contribution < -0.4 is 0 Å². The van der Waals surface area contributed by atoms with Crippen LogP contribution in [0.25, 0.3) is 12.2 Å². The summed E-state index contributed by atoms with van der Waals surface area (Å²) in [7, 11) is -4.50. The van der Waals surface area contributed by atoms with Crippen molar-refractivity contribution in [2.24, 2.45) is 0 Å². The van der Waals surface area contributed by atoms with Gasteiger partial charge in [-0.2, -0.15) is 10.5 Å². The van der Waals surface area contributed by atoms with E-state index in [0.717, 1.165) is 0 Å². The summed E-state index contributed by atoms with van der Waals surface area (Å²) in [4.78, 5) is -1.16. The SMILES string of the molecule is CC(C)(C)c1cc(C=C(C#N)S(=O)(=O)C(C#N)=Cc2cc(C(C)(C)C)c(O)c(C(C)(C)C)c2)cc(C(C)(C)C)c1O. The first kappa shape index (κ1) is 33.7. The largest absolute Gasteiger partial charge is 0.507 e. The maximum Gasteiger partial charge on any atom is 0.226 e. The van der Waals surface area contributed by atoms with Gasteiger partial charge in [0, 0.05) is 22.3 Å². The standard InChI is InChI=1S/C34H44N2O4S/c1-31(2,3)25-15-21(16-26(29(25)37)32(4,5)6)13-23(19-35)41(39,40)24(20-36)14-22-17-27(33(7,8)9)30(38)28(18-22)34(10,11)12/h13-18,37-38H,1-12H3. The zero-order chi connectivity index (χ0) is 31.9. The maximum atomic E-state index is 13.7. The molecule has 7 heteroatoms. The second kappa shape index (κ2) is 11.0. The van der Waals surface area contributed by atoms with Crippen molar-refractivity contribution >= 4 is 22.0 Å². The van der Waals surface area contributed by atoms with Crippen LogP contribution in [0, 0.1) is 22.7 Å². The average Bonchev–Trinajstić information content (AvgIpc) is 2.79. The molecule has 2 aromatic rings. The fourth-order valence-electron chi connectivity index (χ4n) is 4.53. The first-order chi connectivity index (χ1) is 18.3. The van der Waals surface area contributed by atoms with Crippen molar-refractivity contribution in [1.82, 2.24) is 0 Å². The molecule has 0 fully saturated rings. The normalized spacial score (nSPS) is 14.0. The van der Waals surface area contributed by atoms with Crippen molar-refractivity contribution in [3.8, 4) is 23.6 Å². The molecule has 6 nitrogen and oxygen atoms in total. The van der Waals surface area contributed by atoms with Gasteiger partial charge in [-0.25, -0.2) is 8.42 Å². The average molecular weight is 577 g/mol. The highest BCUT2D eigenvalue weighted by Gasteiger charge is 2.30. The Balaban J connectivity index is 2.86. The molecule has 0 aliphatic rings. The van der Waals surface area contributed by atoms with E-state index in [2.05, 4.69) is 0 Å². The van der Waals surface area contributed by atoms with E-state index in [1.165, 1.54) is 12.2 Å². The monoisotopic (exact) mass is 576 g/mol. The topological polar surface area (TPSA) is 122 Å². The fraction of sp³-hybridized carbons (Fsp3) is 0.471. The lowest BCUT2D eigenvalue weighted by atomic mass is 9.78. The van der Waals surface area contributed by atoms with Crippen LogP contribution in [0.4, 0.5) is 0 Å². The number of nitrogens with zero attached hydrogens (tertiary/aromatic N) is 2. The Hall–Kier alpha value is -3.55. The predicted molar refractivity (Wildman–Crippen MR) is 167 cm³/mol. The molecule has 0 unspecified atom stereocenters. The van der Waals surface area contributed by atoms with Gasteiger partial charge in [0.05, 0.1) is 0 Å². The Morgan fingerprint density at radius 3 is 0.976 bits per heavy atom. The third-order valence-corrected chi connectivity index (χ3v) is 8.47. The third-order valence-electron chi connectivity index (χ3n) is 6.89. The molecule has 2 N–H and O–H groups in total. The molecular weight excluding hydrogens is 532 g/mol. The molecule has 41 heavy (non-hydrogen) atoms. The van der Waals surface area contributed by atoms with Crippen LogP contribution in [-0.4, -0.2) is 18.6 Å². The minimum Gasteiger partial charge on any atom is -0.507 e. The highest BCUT2D eigenvalue weighted by Crippen LogP contribution is 2.42. The lowest BCUT2D eigenvalue weighted by Crippen LogP contribution is -2.17.